The molecule has 7 heteroatoms. The molecule has 0 radical (unpaired) electrons. The molecule has 41 heavy (non-hydrogen) atoms. The van der Waals surface area contributed by atoms with Crippen LogP contribution in [0, 0.1) is 13.8 Å². The zero-order chi connectivity index (χ0) is 29.5. The molecule has 2 N–H and O–H groups in total. The number of halogens is 1. The summed E-state index contributed by atoms with van der Waals surface area (Å²) in [6.07, 6.45) is 5.81. The van der Waals surface area contributed by atoms with Gasteiger partial charge in [-0.3, -0.25) is 4.79 Å². The molecular formula is C34H43ClN4O2. The van der Waals surface area contributed by atoms with Crippen molar-refractivity contribution < 1.29 is 9.90 Å². The summed E-state index contributed by atoms with van der Waals surface area (Å²) in [6.45, 7) is 14.9. The monoisotopic (exact) mass is 574 g/mol. The number of fused-ring (bicyclic) bond motifs is 1. The Hall–Kier alpha value is -2.80. The van der Waals surface area contributed by atoms with Crippen LogP contribution in [0.4, 0.5) is 11.6 Å². The van der Waals surface area contributed by atoms with E-state index in [2.05, 4.69) is 53.3 Å². The maximum atomic E-state index is 12.6. The number of rotatable bonds is 8. The summed E-state index contributed by atoms with van der Waals surface area (Å²) in [6, 6.07) is 10.6. The Balaban J connectivity index is 1.28. The highest BCUT2D eigenvalue weighted by Crippen LogP contribution is 2.39. The molecule has 1 aliphatic carbocycles. The van der Waals surface area contributed by atoms with Crippen molar-refractivity contribution in [3.05, 3.63) is 80.6 Å². The summed E-state index contributed by atoms with van der Waals surface area (Å²) in [5, 5.41) is 14.2. The SMILES string of the molecule is Cc1c(Nc2ncc(Cl)c(CCc3cccc4c3C(C)(C)C(=O)C4)n2)ccc(C2CCN(CC(C)(C)O)CC2)c1C. The van der Waals surface area contributed by atoms with Crippen LogP contribution in [-0.2, 0) is 29.5 Å². The fraction of sp³-hybridized carbons (Fsp3) is 0.500. The number of β-amino-alcohol motifs (C(OH)–C–C–N with tert-alkyl or cyclic N) is 1. The number of piperidine rings is 1. The van der Waals surface area contributed by atoms with Gasteiger partial charge in [-0.15, -0.1) is 0 Å². The minimum absolute atomic E-state index is 0.277. The van der Waals surface area contributed by atoms with Crippen LogP contribution >= 0.6 is 11.6 Å². The van der Waals surface area contributed by atoms with Gasteiger partial charge in [-0.25, -0.2) is 9.97 Å². The first-order valence-electron chi connectivity index (χ1n) is 14.8. The first-order valence-corrected chi connectivity index (χ1v) is 15.2. The van der Waals surface area contributed by atoms with Gasteiger partial charge in [0.15, 0.2) is 0 Å². The zero-order valence-corrected chi connectivity index (χ0v) is 26.0. The molecule has 1 fully saturated rings. The predicted octanol–water partition coefficient (Wildman–Crippen LogP) is 6.63. The van der Waals surface area contributed by atoms with E-state index >= 15 is 0 Å². The molecule has 1 saturated heterocycles. The molecular weight excluding hydrogens is 532 g/mol. The quantitative estimate of drug-likeness (QED) is 0.314. The number of aryl methyl sites for hydroxylation is 2. The van der Waals surface area contributed by atoms with E-state index in [0.717, 1.165) is 55.8 Å². The Bertz CT molecular complexity index is 1450. The third kappa shape index (κ3) is 6.35. The van der Waals surface area contributed by atoms with Gasteiger partial charge in [0.2, 0.25) is 5.95 Å². The molecule has 0 unspecified atom stereocenters. The average molecular weight is 575 g/mol. The van der Waals surface area contributed by atoms with Gasteiger partial charge < -0.3 is 15.3 Å². The highest BCUT2D eigenvalue weighted by atomic mass is 35.5. The van der Waals surface area contributed by atoms with Crippen molar-refractivity contribution in [3.63, 3.8) is 0 Å². The largest absolute Gasteiger partial charge is 0.389 e. The zero-order valence-electron chi connectivity index (χ0n) is 25.3. The summed E-state index contributed by atoms with van der Waals surface area (Å²) in [5.74, 6) is 1.34. The lowest BCUT2D eigenvalue weighted by Gasteiger charge is -2.36. The van der Waals surface area contributed by atoms with Crippen LogP contribution in [0.25, 0.3) is 0 Å². The van der Waals surface area contributed by atoms with Gasteiger partial charge in [0.05, 0.1) is 22.5 Å². The fourth-order valence-corrected chi connectivity index (χ4v) is 6.91. The molecule has 0 atom stereocenters. The van der Waals surface area contributed by atoms with Gasteiger partial charge in [-0.05, 0) is 126 Å². The molecule has 1 aliphatic heterocycles. The maximum Gasteiger partial charge on any atom is 0.227 e. The predicted molar refractivity (Wildman–Crippen MR) is 167 cm³/mol. The maximum absolute atomic E-state index is 12.6. The Morgan fingerprint density at radius 2 is 1.83 bits per heavy atom. The number of likely N-dealkylation sites (tertiary alicyclic amines) is 1. The van der Waals surface area contributed by atoms with E-state index in [1.165, 1.54) is 27.8 Å². The van der Waals surface area contributed by atoms with Crippen LogP contribution in [0.1, 0.15) is 85.5 Å². The minimum Gasteiger partial charge on any atom is -0.389 e. The number of nitrogens with one attached hydrogen (secondary N) is 1. The minimum atomic E-state index is -0.658. The van der Waals surface area contributed by atoms with Gasteiger partial charge >= 0.3 is 0 Å². The Labute approximate surface area is 249 Å². The number of hydrogen-bond donors (Lipinski definition) is 2. The van der Waals surface area contributed by atoms with Crippen molar-refractivity contribution in [2.24, 2.45) is 0 Å². The van der Waals surface area contributed by atoms with Gasteiger partial charge in [0, 0.05) is 24.1 Å². The average Bonchev–Trinajstić information content (AvgIpc) is 3.15. The second kappa shape index (κ2) is 11.5. The van der Waals surface area contributed by atoms with E-state index in [1.807, 2.05) is 33.8 Å². The van der Waals surface area contributed by atoms with Crippen molar-refractivity contribution >= 4 is 29.0 Å². The molecule has 2 aliphatic rings. The molecule has 2 aromatic carbocycles. The van der Waals surface area contributed by atoms with Crippen LogP contribution in [0.5, 0.6) is 0 Å². The van der Waals surface area contributed by atoms with E-state index in [-0.39, 0.29) is 5.78 Å². The van der Waals surface area contributed by atoms with Crippen molar-refractivity contribution in [2.45, 2.75) is 90.6 Å². The summed E-state index contributed by atoms with van der Waals surface area (Å²) in [4.78, 5) is 24.3. The summed E-state index contributed by atoms with van der Waals surface area (Å²) >= 11 is 6.55. The molecule has 2 heterocycles. The van der Waals surface area contributed by atoms with Crippen molar-refractivity contribution in [1.82, 2.24) is 14.9 Å². The van der Waals surface area contributed by atoms with E-state index < -0.39 is 11.0 Å². The van der Waals surface area contributed by atoms with E-state index in [1.54, 1.807) is 6.20 Å². The summed E-state index contributed by atoms with van der Waals surface area (Å²) < 4.78 is 0. The normalized spacial score (nSPS) is 17.6. The van der Waals surface area contributed by atoms with E-state index in [0.29, 0.717) is 29.7 Å². The van der Waals surface area contributed by atoms with Crippen LogP contribution in [0.2, 0.25) is 5.02 Å². The van der Waals surface area contributed by atoms with E-state index in [4.69, 9.17) is 16.6 Å². The highest BCUT2D eigenvalue weighted by Gasteiger charge is 2.39. The van der Waals surface area contributed by atoms with Crippen molar-refractivity contribution in [3.8, 4) is 0 Å². The van der Waals surface area contributed by atoms with Crippen molar-refractivity contribution in [2.75, 3.05) is 25.0 Å². The molecule has 218 valence electrons. The highest BCUT2D eigenvalue weighted by molar-refractivity contribution is 6.31. The number of benzene rings is 2. The number of nitrogens with zero attached hydrogens (tertiary/aromatic N) is 3. The number of ketones is 1. The van der Waals surface area contributed by atoms with Crippen LogP contribution in [0.3, 0.4) is 0 Å². The molecule has 6 nitrogen and oxygen atoms in total. The number of carbonyl (C=O) groups excluding carboxylic acids is 1. The molecule has 0 saturated carbocycles. The lowest BCUT2D eigenvalue weighted by Crippen LogP contribution is -2.42. The number of hydrogen-bond acceptors (Lipinski definition) is 6. The van der Waals surface area contributed by atoms with Gasteiger partial charge in [0.25, 0.3) is 0 Å². The third-order valence-corrected chi connectivity index (χ3v) is 9.39. The molecule has 1 aromatic heterocycles. The van der Waals surface area contributed by atoms with E-state index in [9.17, 15) is 9.90 Å². The second-order valence-corrected chi connectivity index (χ2v) is 13.5. The Kier molecular flexibility index (Phi) is 8.30. The fourth-order valence-electron chi connectivity index (χ4n) is 6.73. The topological polar surface area (TPSA) is 78.4 Å². The lowest BCUT2D eigenvalue weighted by atomic mass is 9.82. The standard InChI is InChI=1S/C34H43ClN4O2/c1-21-22(2)28(13-11-26(21)23-14-16-39(17-15-23)20-33(3,4)41)37-32-36-19-27(35)29(38-32)12-10-24-8-7-9-25-18-30(40)34(5,6)31(24)25/h7-9,11,13,19,23,41H,10,12,14-18,20H2,1-6H3,(H,36,37,38). The molecule has 5 rings (SSSR count). The number of carbonyl (C=O) groups is 1. The lowest BCUT2D eigenvalue weighted by molar-refractivity contribution is -0.121. The number of aromatic nitrogens is 2. The Morgan fingerprint density at radius 1 is 1.10 bits per heavy atom. The summed E-state index contributed by atoms with van der Waals surface area (Å²) in [7, 11) is 0. The Morgan fingerprint density at radius 3 is 2.54 bits per heavy atom. The molecule has 0 bridgehead atoms. The van der Waals surface area contributed by atoms with Gasteiger partial charge in [-0.1, -0.05) is 35.9 Å². The third-order valence-electron chi connectivity index (χ3n) is 9.07. The number of anilines is 2. The van der Waals surface area contributed by atoms with Gasteiger partial charge in [0.1, 0.15) is 5.78 Å². The molecule has 0 amide bonds. The van der Waals surface area contributed by atoms with Crippen LogP contribution < -0.4 is 5.32 Å². The summed E-state index contributed by atoms with van der Waals surface area (Å²) in [5.41, 5.74) is 8.10. The van der Waals surface area contributed by atoms with Crippen LogP contribution in [-0.4, -0.2) is 51.0 Å². The first-order chi connectivity index (χ1) is 19.3. The van der Waals surface area contributed by atoms with Crippen LogP contribution in [0.15, 0.2) is 36.5 Å². The second-order valence-electron chi connectivity index (χ2n) is 13.1. The number of aliphatic hydroxyl groups is 1. The molecule has 3 aromatic rings. The number of Topliss-reactive ketones (excluding diaryl/α,β-unsaturated/α-hetero) is 1. The molecule has 0 spiro atoms. The first kappa shape index (κ1) is 29.7. The van der Waals surface area contributed by atoms with Gasteiger partial charge in [-0.2, -0.15) is 0 Å². The van der Waals surface area contributed by atoms with Crippen molar-refractivity contribution in [1.29, 1.82) is 0 Å². The smallest absolute Gasteiger partial charge is 0.227 e.